The Bertz CT molecular complexity index is 417. The molecule has 0 unspecified atom stereocenters. The van der Waals surface area contributed by atoms with Gasteiger partial charge >= 0.3 is 0 Å². The van der Waals surface area contributed by atoms with Crippen molar-refractivity contribution in [1.29, 1.82) is 0 Å². The number of hydrogen-bond donors (Lipinski definition) is 1. The molecule has 1 aromatic carbocycles. The van der Waals surface area contributed by atoms with Gasteiger partial charge in [0, 0.05) is 32.2 Å². The molecule has 6 heteroatoms. The van der Waals surface area contributed by atoms with Gasteiger partial charge < -0.3 is 9.74 Å². The van der Waals surface area contributed by atoms with E-state index in [4.69, 9.17) is 4.43 Å². The van der Waals surface area contributed by atoms with Crippen molar-refractivity contribution in [3.8, 4) is 5.75 Å². The van der Waals surface area contributed by atoms with Crippen LogP contribution in [0.25, 0.3) is 0 Å². The van der Waals surface area contributed by atoms with Crippen molar-refractivity contribution in [2.45, 2.75) is 39.0 Å². The number of nitrogens with one attached hydrogen (secondary N) is 1. The van der Waals surface area contributed by atoms with Crippen LogP contribution in [0.1, 0.15) is 24.9 Å². The fourth-order valence-electron chi connectivity index (χ4n) is 2.81. The van der Waals surface area contributed by atoms with Gasteiger partial charge in [0.1, 0.15) is 5.75 Å². The van der Waals surface area contributed by atoms with E-state index in [-0.39, 0.29) is 24.8 Å². The monoisotopic (exact) mass is 364 g/mol. The standard InChI is InChI=1S/C16H28N2OSi.2ClH/c1-5-16(18-12-10-17-11-13-18)14-6-8-15(9-7-14)19-20(2,3)4;;/h6-9,16-17H,5,10-13H2,1-4H3;2*1H/t16-;;/m1../s1. The minimum absolute atomic E-state index is 0. The van der Waals surface area contributed by atoms with Crippen LogP contribution in [0.15, 0.2) is 24.3 Å². The molecule has 1 saturated heterocycles. The first-order valence-electron chi connectivity index (χ1n) is 7.73. The Labute approximate surface area is 148 Å². The number of hydrogen-bond acceptors (Lipinski definition) is 3. The number of halogens is 2. The van der Waals surface area contributed by atoms with Crippen molar-refractivity contribution in [1.82, 2.24) is 10.2 Å². The third-order valence-electron chi connectivity index (χ3n) is 3.67. The molecule has 0 aliphatic carbocycles. The van der Waals surface area contributed by atoms with Crippen LogP contribution in [0.5, 0.6) is 5.75 Å². The van der Waals surface area contributed by atoms with E-state index < -0.39 is 8.32 Å². The molecule has 0 radical (unpaired) electrons. The molecule has 1 fully saturated rings. The SMILES string of the molecule is CC[C@H](c1ccc(O[Si](C)(C)C)cc1)N1CCNCC1.Cl.Cl. The lowest BCUT2D eigenvalue weighted by molar-refractivity contribution is 0.169. The normalized spacial score (nSPS) is 17.1. The zero-order chi connectivity index (χ0) is 14.6. The summed E-state index contributed by atoms with van der Waals surface area (Å²) >= 11 is 0. The van der Waals surface area contributed by atoms with Crippen LogP contribution in [-0.4, -0.2) is 39.4 Å². The van der Waals surface area contributed by atoms with E-state index >= 15 is 0 Å². The minimum Gasteiger partial charge on any atom is -0.544 e. The molecule has 1 aliphatic heterocycles. The molecule has 1 aromatic rings. The highest BCUT2D eigenvalue weighted by atomic mass is 35.5. The predicted octanol–water partition coefficient (Wildman–Crippen LogP) is 4.10. The number of rotatable bonds is 5. The fraction of sp³-hybridized carbons (Fsp3) is 0.625. The summed E-state index contributed by atoms with van der Waals surface area (Å²) in [5, 5.41) is 3.42. The third-order valence-corrected chi connectivity index (χ3v) is 4.52. The molecule has 0 saturated carbocycles. The quantitative estimate of drug-likeness (QED) is 0.795. The molecule has 0 aromatic heterocycles. The summed E-state index contributed by atoms with van der Waals surface area (Å²) in [6, 6.07) is 9.30. The van der Waals surface area contributed by atoms with Gasteiger partial charge in [0.2, 0.25) is 8.32 Å². The largest absolute Gasteiger partial charge is 0.544 e. The molecular weight excluding hydrogens is 335 g/mol. The third kappa shape index (κ3) is 6.47. The van der Waals surface area contributed by atoms with Crippen LogP contribution in [-0.2, 0) is 0 Å². The first-order chi connectivity index (χ1) is 9.49. The topological polar surface area (TPSA) is 24.5 Å². The maximum atomic E-state index is 6.03. The molecule has 1 aliphatic rings. The van der Waals surface area contributed by atoms with Crippen LogP contribution in [0.4, 0.5) is 0 Å². The minimum atomic E-state index is -1.50. The van der Waals surface area contributed by atoms with Gasteiger partial charge in [-0.3, -0.25) is 4.90 Å². The zero-order valence-corrected chi connectivity index (χ0v) is 16.7. The first-order valence-corrected chi connectivity index (χ1v) is 11.1. The number of piperazine rings is 1. The molecular formula is C16H30Cl2N2OSi. The summed E-state index contributed by atoms with van der Waals surface area (Å²) in [6.07, 6.45) is 1.16. The summed E-state index contributed by atoms with van der Waals surface area (Å²) in [5.74, 6) is 1.02. The van der Waals surface area contributed by atoms with Crippen LogP contribution in [0.2, 0.25) is 19.6 Å². The van der Waals surface area contributed by atoms with Gasteiger partial charge in [0.25, 0.3) is 0 Å². The number of nitrogens with zero attached hydrogens (tertiary/aromatic N) is 1. The maximum absolute atomic E-state index is 6.03. The lowest BCUT2D eigenvalue weighted by atomic mass is 10.0. The summed E-state index contributed by atoms with van der Waals surface area (Å²) < 4.78 is 6.03. The second-order valence-corrected chi connectivity index (χ2v) is 10.9. The molecule has 3 nitrogen and oxygen atoms in total. The summed E-state index contributed by atoms with van der Waals surface area (Å²) in [6.45, 7) is 13.4. The molecule has 1 heterocycles. The fourth-order valence-corrected chi connectivity index (χ4v) is 3.65. The van der Waals surface area contributed by atoms with Crippen LogP contribution < -0.4 is 9.74 Å². The average molecular weight is 365 g/mol. The molecule has 22 heavy (non-hydrogen) atoms. The summed E-state index contributed by atoms with van der Waals surface area (Å²) in [4.78, 5) is 2.59. The van der Waals surface area contributed by atoms with Crippen molar-refractivity contribution in [3.63, 3.8) is 0 Å². The van der Waals surface area contributed by atoms with E-state index in [2.05, 4.69) is 61.0 Å². The zero-order valence-electron chi connectivity index (χ0n) is 14.1. The number of benzene rings is 1. The highest BCUT2D eigenvalue weighted by Crippen LogP contribution is 2.27. The smallest absolute Gasteiger partial charge is 0.242 e. The molecule has 0 bridgehead atoms. The summed E-state index contributed by atoms with van der Waals surface area (Å²) in [7, 11) is -1.50. The predicted molar refractivity (Wildman–Crippen MR) is 102 cm³/mol. The molecule has 2 rings (SSSR count). The average Bonchev–Trinajstić information content (AvgIpc) is 2.41. The van der Waals surface area contributed by atoms with Crippen molar-refractivity contribution in [3.05, 3.63) is 29.8 Å². The lowest BCUT2D eigenvalue weighted by Crippen LogP contribution is -2.45. The van der Waals surface area contributed by atoms with Crippen molar-refractivity contribution in [2.24, 2.45) is 0 Å². The van der Waals surface area contributed by atoms with Gasteiger partial charge in [-0.25, -0.2) is 0 Å². The second-order valence-electron chi connectivity index (χ2n) is 6.49. The van der Waals surface area contributed by atoms with E-state index in [1.165, 1.54) is 5.56 Å². The Morgan fingerprint density at radius 1 is 1.09 bits per heavy atom. The molecule has 0 spiro atoms. The molecule has 1 atom stereocenters. The van der Waals surface area contributed by atoms with Crippen molar-refractivity contribution in [2.75, 3.05) is 26.2 Å². The van der Waals surface area contributed by atoms with Gasteiger partial charge in [-0.2, -0.15) is 0 Å². The van der Waals surface area contributed by atoms with Gasteiger partial charge in [-0.15, -0.1) is 24.8 Å². The molecule has 128 valence electrons. The van der Waals surface area contributed by atoms with E-state index in [1.807, 2.05) is 0 Å². The van der Waals surface area contributed by atoms with E-state index in [9.17, 15) is 0 Å². The summed E-state index contributed by atoms with van der Waals surface area (Å²) in [5.41, 5.74) is 1.41. The van der Waals surface area contributed by atoms with Gasteiger partial charge in [0.05, 0.1) is 0 Å². The Balaban J connectivity index is 0.00000220. The van der Waals surface area contributed by atoms with Crippen LogP contribution in [0.3, 0.4) is 0 Å². The van der Waals surface area contributed by atoms with Gasteiger partial charge in [-0.05, 0) is 43.8 Å². The van der Waals surface area contributed by atoms with E-state index in [0.717, 1.165) is 38.3 Å². The van der Waals surface area contributed by atoms with Gasteiger partial charge in [0.15, 0.2) is 0 Å². The van der Waals surface area contributed by atoms with Gasteiger partial charge in [-0.1, -0.05) is 19.1 Å². The molecule has 0 amide bonds. The highest BCUT2D eigenvalue weighted by molar-refractivity contribution is 6.70. The van der Waals surface area contributed by atoms with E-state index in [0.29, 0.717) is 6.04 Å². The van der Waals surface area contributed by atoms with Crippen LogP contribution >= 0.6 is 24.8 Å². The van der Waals surface area contributed by atoms with Crippen molar-refractivity contribution < 1.29 is 4.43 Å². The van der Waals surface area contributed by atoms with E-state index in [1.54, 1.807) is 0 Å². The Morgan fingerprint density at radius 2 is 1.64 bits per heavy atom. The lowest BCUT2D eigenvalue weighted by Gasteiger charge is -2.34. The van der Waals surface area contributed by atoms with Crippen LogP contribution in [0, 0.1) is 0 Å². The Morgan fingerprint density at radius 3 is 2.09 bits per heavy atom. The Kier molecular flexibility index (Phi) is 9.66. The first kappa shape index (κ1) is 21.7. The Hall–Kier alpha value is -0.263. The molecule has 1 N–H and O–H groups in total. The van der Waals surface area contributed by atoms with Crippen molar-refractivity contribution >= 4 is 33.1 Å². The maximum Gasteiger partial charge on any atom is 0.242 e. The second kappa shape index (κ2) is 9.78. The highest BCUT2D eigenvalue weighted by Gasteiger charge is 2.21.